The van der Waals surface area contributed by atoms with Gasteiger partial charge in [-0.1, -0.05) is 63.5 Å². The molecule has 3 aliphatic rings. The molecule has 0 atom stereocenters. The van der Waals surface area contributed by atoms with Crippen LogP contribution in [0.4, 0.5) is 13.2 Å². The lowest BCUT2D eigenvalue weighted by atomic mass is 9.68. The third kappa shape index (κ3) is 5.58. The second-order valence-electron chi connectivity index (χ2n) is 10.2. The number of halogens is 3. The Morgan fingerprint density at radius 1 is 0.621 bits per heavy atom. The maximum Gasteiger partial charge on any atom is 0.416 e. The summed E-state index contributed by atoms with van der Waals surface area (Å²) in [6.45, 7) is 0. The van der Waals surface area contributed by atoms with Gasteiger partial charge in [0.15, 0.2) is 0 Å². The SMILES string of the molecule is FC(F)(F)c1ccc(C2CCC(C3CCC(CCC4CCCC4)CC3)CC2)cc1. The number of hydrogen-bond acceptors (Lipinski definition) is 0. The lowest BCUT2D eigenvalue weighted by Crippen LogP contribution is -2.25. The van der Waals surface area contributed by atoms with Gasteiger partial charge in [-0.3, -0.25) is 0 Å². The summed E-state index contributed by atoms with van der Waals surface area (Å²) in [5.74, 6) is 4.24. The van der Waals surface area contributed by atoms with Crippen molar-refractivity contribution in [2.75, 3.05) is 0 Å². The van der Waals surface area contributed by atoms with E-state index >= 15 is 0 Å². The van der Waals surface area contributed by atoms with E-state index in [4.69, 9.17) is 0 Å². The first kappa shape index (κ1) is 21.2. The van der Waals surface area contributed by atoms with E-state index in [2.05, 4.69) is 0 Å². The summed E-state index contributed by atoms with van der Waals surface area (Å²) >= 11 is 0. The van der Waals surface area contributed by atoms with Gasteiger partial charge < -0.3 is 0 Å². The average Bonchev–Trinajstić information content (AvgIpc) is 3.26. The second-order valence-corrected chi connectivity index (χ2v) is 10.2. The van der Waals surface area contributed by atoms with Crippen LogP contribution in [0.2, 0.25) is 0 Å². The Hall–Kier alpha value is -0.990. The van der Waals surface area contributed by atoms with E-state index in [1.54, 1.807) is 12.1 Å². The monoisotopic (exact) mass is 406 g/mol. The smallest absolute Gasteiger partial charge is 0.166 e. The fourth-order valence-electron chi connectivity index (χ4n) is 6.59. The van der Waals surface area contributed by atoms with Crippen molar-refractivity contribution in [3.63, 3.8) is 0 Å². The molecule has 0 spiro atoms. The zero-order valence-electron chi connectivity index (χ0n) is 17.7. The summed E-state index contributed by atoms with van der Waals surface area (Å²) in [6, 6.07) is 5.94. The average molecular weight is 407 g/mol. The molecular weight excluding hydrogens is 369 g/mol. The van der Waals surface area contributed by atoms with Crippen LogP contribution >= 0.6 is 0 Å². The van der Waals surface area contributed by atoms with Crippen molar-refractivity contribution in [2.45, 2.75) is 102 Å². The Labute approximate surface area is 174 Å². The van der Waals surface area contributed by atoms with E-state index in [1.807, 2.05) is 0 Å². The summed E-state index contributed by atoms with van der Waals surface area (Å²) in [7, 11) is 0. The van der Waals surface area contributed by atoms with Gasteiger partial charge in [0.2, 0.25) is 0 Å². The van der Waals surface area contributed by atoms with Crippen LogP contribution in [-0.4, -0.2) is 0 Å². The molecule has 1 aromatic carbocycles. The fraction of sp³-hybridized carbons (Fsp3) is 0.769. The highest BCUT2D eigenvalue weighted by atomic mass is 19.4. The lowest BCUT2D eigenvalue weighted by molar-refractivity contribution is -0.137. The highest BCUT2D eigenvalue weighted by Crippen LogP contribution is 2.45. The number of hydrogen-bond donors (Lipinski definition) is 0. The molecule has 29 heavy (non-hydrogen) atoms. The van der Waals surface area contributed by atoms with Crippen LogP contribution in [0, 0.1) is 23.7 Å². The Morgan fingerprint density at radius 3 is 1.62 bits per heavy atom. The maximum atomic E-state index is 12.8. The number of alkyl halides is 3. The van der Waals surface area contributed by atoms with Crippen LogP contribution in [-0.2, 0) is 6.18 Å². The predicted molar refractivity (Wildman–Crippen MR) is 113 cm³/mol. The second kappa shape index (κ2) is 9.43. The Bertz CT molecular complexity index is 610. The third-order valence-electron chi connectivity index (χ3n) is 8.50. The van der Waals surface area contributed by atoms with Crippen molar-refractivity contribution < 1.29 is 13.2 Å². The molecule has 0 heterocycles. The molecule has 3 fully saturated rings. The van der Waals surface area contributed by atoms with E-state index in [-0.39, 0.29) is 0 Å². The van der Waals surface area contributed by atoms with Crippen molar-refractivity contribution >= 4 is 0 Å². The quantitative estimate of drug-likeness (QED) is 0.458. The summed E-state index contributed by atoms with van der Waals surface area (Å²) in [4.78, 5) is 0. The van der Waals surface area contributed by atoms with Crippen molar-refractivity contribution in [1.29, 1.82) is 0 Å². The van der Waals surface area contributed by atoms with E-state index in [0.717, 1.165) is 42.1 Å². The Morgan fingerprint density at radius 2 is 1.10 bits per heavy atom. The number of benzene rings is 1. The van der Waals surface area contributed by atoms with Gasteiger partial charge in [-0.15, -0.1) is 0 Å². The van der Waals surface area contributed by atoms with Gasteiger partial charge in [0.25, 0.3) is 0 Å². The molecule has 0 aromatic heterocycles. The molecule has 0 nitrogen and oxygen atoms in total. The molecular formula is C26H37F3. The van der Waals surface area contributed by atoms with Crippen LogP contribution in [0.3, 0.4) is 0 Å². The minimum Gasteiger partial charge on any atom is -0.166 e. The lowest BCUT2D eigenvalue weighted by Gasteiger charge is -2.38. The normalized spacial score (nSPS) is 31.8. The zero-order valence-corrected chi connectivity index (χ0v) is 17.7. The van der Waals surface area contributed by atoms with Crippen LogP contribution in [0.1, 0.15) is 107 Å². The molecule has 3 aliphatic carbocycles. The molecule has 4 rings (SSSR count). The molecule has 0 amide bonds. The topological polar surface area (TPSA) is 0 Å². The van der Waals surface area contributed by atoms with Gasteiger partial charge in [0, 0.05) is 0 Å². The summed E-state index contributed by atoms with van der Waals surface area (Å²) in [5, 5.41) is 0. The molecule has 162 valence electrons. The van der Waals surface area contributed by atoms with Crippen molar-refractivity contribution in [2.24, 2.45) is 23.7 Å². The van der Waals surface area contributed by atoms with Gasteiger partial charge in [-0.25, -0.2) is 0 Å². The van der Waals surface area contributed by atoms with Crippen LogP contribution in [0.25, 0.3) is 0 Å². The first-order valence-electron chi connectivity index (χ1n) is 12.2. The highest BCUT2D eigenvalue weighted by molar-refractivity contribution is 5.27. The van der Waals surface area contributed by atoms with Crippen molar-refractivity contribution in [3.05, 3.63) is 35.4 Å². The maximum absolute atomic E-state index is 12.8. The molecule has 0 radical (unpaired) electrons. The molecule has 3 heteroatoms. The molecule has 0 N–H and O–H groups in total. The van der Waals surface area contributed by atoms with E-state index < -0.39 is 11.7 Å². The van der Waals surface area contributed by atoms with E-state index in [9.17, 15) is 13.2 Å². The third-order valence-corrected chi connectivity index (χ3v) is 8.50. The highest BCUT2D eigenvalue weighted by Gasteiger charge is 2.33. The first-order valence-corrected chi connectivity index (χ1v) is 12.2. The summed E-state index contributed by atoms with van der Waals surface area (Å²) < 4.78 is 38.3. The van der Waals surface area contributed by atoms with Crippen LogP contribution in [0.15, 0.2) is 24.3 Å². The molecule has 0 unspecified atom stereocenters. The van der Waals surface area contributed by atoms with E-state index in [0.29, 0.717) is 5.92 Å². The minimum absolute atomic E-state index is 0.455. The molecule has 3 saturated carbocycles. The number of rotatable bonds is 5. The zero-order chi connectivity index (χ0) is 20.3. The molecule has 1 aromatic rings. The summed E-state index contributed by atoms with van der Waals surface area (Å²) in [6.07, 6.45) is 15.2. The van der Waals surface area contributed by atoms with Gasteiger partial charge in [0.1, 0.15) is 0 Å². The first-order chi connectivity index (χ1) is 14.0. The van der Waals surface area contributed by atoms with Gasteiger partial charge in [-0.2, -0.15) is 13.2 Å². The molecule has 0 saturated heterocycles. The van der Waals surface area contributed by atoms with Crippen LogP contribution < -0.4 is 0 Å². The van der Waals surface area contributed by atoms with Crippen LogP contribution in [0.5, 0.6) is 0 Å². The Balaban J connectivity index is 1.19. The molecule has 0 bridgehead atoms. The molecule has 0 aliphatic heterocycles. The predicted octanol–water partition coefficient (Wildman–Crippen LogP) is 8.76. The minimum atomic E-state index is -4.23. The van der Waals surface area contributed by atoms with Crippen molar-refractivity contribution in [3.8, 4) is 0 Å². The van der Waals surface area contributed by atoms with Crippen molar-refractivity contribution in [1.82, 2.24) is 0 Å². The standard InChI is InChI=1S/C26H37F3/c27-26(28,29)25-17-15-24(16-18-25)23-13-11-22(12-14-23)21-9-7-20(8-10-21)6-5-19-3-1-2-4-19/h15-23H,1-14H2. The fourth-order valence-corrected chi connectivity index (χ4v) is 6.59. The van der Waals surface area contributed by atoms with E-state index in [1.165, 1.54) is 89.2 Å². The largest absolute Gasteiger partial charge is 0.416 e. The van der Waals surface area contributed by atoms with Gasteiger partial charge in [-0.05, 0) is 85.8 Å². The van der Waals surface area contributed by atoms with Gasteiger partial charge in [0.05, 0.1) is 5.56 Å². The summed E-state index contributed by atoms with van der Waals surface area (Å²) in [5.41, 5.74) is 0.576. The van der Waals surface area contributed by atoms with Gasteiger partial charge >= 0.3 is 6.18 Å². The Kier molecular flexibility index (Phi) is 6.91.